The molecule has 0 spiro atoms. The Bertz CT molecular complexity index is 1320. The Morgan fingerprint density at radius 3 is 2.38 bits per heavy atom. The van der Waals surface area contributed by atoms with Crippen LogP contribution in [0.1, 0.15) is 60.8 Å². The molecule has 37 heavy (non-hydrogen) atoms. The lowest BCUT2D eigenvalue weighted by Gasteiger charge is -2.33. The van der Waals surface area contributed by atoms with Gasteiger partial charge in [0.1, 0.15) is 0 Å². The van der Waals surface area contributed by atoms with Gasteiger partial charge in [0, 0.05) is 10.6 Å². The van der Waals surface area contributed by atoms with Crippen molar-refractivity contribution in [3.05, 3.63) is 62.4 Å². The summed E-state index contributed by atoms with van der Waals surface area (Å²) in [5, 5.41) is 12.3. The number of hydrogen-bond acceptors (Lipinski definition) is 6. The zero-order valence-corrected chi connectivity index (χ0v) is 22.5. The van der Waals surface area contributed by atoms with Gasteiger partial charge in [0.2, 0.25) is 5.75 Å². The maximum Gasteiger partial charge on any atom is 0.203 e. The van der Waals surface area contributed by atoms with Crippen LogP contribution in [0.25, 0.3) is 10.9 Å². The molecule has 2 heterocycles. The molecule has 0 bridgehead atoms. The quantitative estimate of drug-likeness (QED) is 0.385. The first kappa shape index (κ1) is 25.7. The Hall–Kier alpha value is -2.90. The maximum absolute atomic E-state index is 13.8. The topological polar surface area (TPSA) is 73.2 Å². The summed E-state index contributed by atoms with van der Waals surface area (Å²) in [7, 11) is 4.82. The Labute approximate surface area is 222 Å². The molecule has 1 aromatic heterocycles. The Morgan fingerprint density at radius 2 is 1.73 bits per heavy atom. The highest BCUT2D eigenvalue weighted by Crippen LogP contribution is 2.46. The Balaban J connectivity index is 1.57. The third-order valence-corrected chi connectivity index (χ3v) is 8.28. The molecule has 1 aliphatic heterocycles. The second-order valence-corrected chi connectivity index (χ2v) is 10.6. The molecule has 3 aromatic rings. The average molecular weight is 527 g/mol. The van der Waals surface area contributed by atoms with E-state index in [4.69, 9.17) is 25.8 Å². The van der Waals surface area contributed by atoms with Crippen LogP contribution >= 0.6 is 11.6 Å². The second-order valence-electron chi connectivity index (χ2n) is 10.1. The fraction of sp³-hybridized carbons (Fsp3) is 0.483. The molecule has 7 nitrogen and oxygen atoms in total. The lowest BCUT2D eigenvalue weighted by Crippen LogP contribution is -2.30. The molecule has 1 fully saturated rings. The zero-order valence-electron chi connectivity index (χ0n) is 21.8. The number of hydrogen-bond donors (Lipinski definition) is 1. The number of pyridine rings is 1. The number of ether oxygens (including phenoxy) is 3. The lowest BCUT2D eigenvalue weighted by molar-refractivity contribution is 0.181. The first-order valence-electron chi connectivity index (χ1n) is 13.0. The largest absolute Gasteiger partial charge is 0.493 e. The van der Waals surface area contributed by atoms with E-state index in [1.165, 1.54) is 17.6 Å². The molecular formula is C29H35ClN2O5. The van der Waals surface area contributed by atoms with Gasteiger partial charge >= 0.3 is 0 Å². The summed E-state index contributed by atoms with van der Waals surface area (Å²) >= 11 is 6.23. The maximum atomic E-state index is 13.8. The van der Waals surface area contributed by atoms with Gasteiger partial charge in [0.05, 0.1) is 37.9 Å². The van der Waals surface area contributed by atoms with Crippen molar-refractivity contribution in [3.8, 4) is 17.2 Å². The highest BCUT2D eigenvalue weighted by molar-refractivity contribution is 6.31. The number of aromatic nitrogens is 1. The van der Waals surface area contributed by atoms with Gasteiger partial charge in [0.25, 0.3) is 0 Å². The molecule has 2 aliphatic rings. The van der Waals surface area contributed by atoms with Crippen LogP contribution in [0.2, 0.25) is 5.02 Å². The highest BCUT2D eigenvalue weighted by atomic mass is 35.5. The number of halogens is 1. The summed E-state index contributed by atoms with van der Waals surface area (Å²) in [6.45, 7) is 3.34. The van der Waals surface area contributed by atoms with Crippen LogP contribution in [0.15, 0.2) is 35.1 Å². The van der Waals surface area contributed by atoms with Gasteiger partial charge in [-0.05, 0) is 106 Å². The van der Waals surface area contributed by atoms with Gasteiger partial charge in [-0.2, -0.15) is 4.73 Å². The van der Waals surface area contributed by atoms with Crippen LogP contribution in [0, 0.1) is 0 Å². The molecule has 0 radical (unpaired) electrons. The van der Waals surface area contributed by atoms with Crippen LogP contribution in [-0.2, 0) is 6.42 Å². The van der Waals surface area contributed by atoms with E-state index in [0.717, 1.165) is 50.0 Å². The van der Waals surface area contributed by atoms with Crippen molar-refractivity contribution >= 4 is 22.5 Å². The number of fused-ring (bicyclic) bond motifs is 2. The Morgan fingerprint density at radius 1 is 1.03 bits per heavy atom. The van der Waals surface area contributed by atoms with Gasteiger partial charge in [-0.15, -0.1) is 0 Å². The fourth-order valence-corrected chi connectivity index (χ4v) is 6.40. The van der Waals surface area contributed by atoms with E-state index in [-0.39, 0.29) is 17.3 Å². The van der Waals surface area contributed by atoms with Crippen LogP contribution in [0.4, 0.5) is 0 Å². The zero-order chi connectivity index (χ0) is 26.1. The normalized spacial score (nSPS) is 19.7. The molecule has 0 amide bonds. The van der Waals surface area contributed by atoms with Crippen molar-refractivity contribution in [1.82, 2.24) is 9.63 Å². The smallest absolute Gasteiger partial charge is 0.203 e. The van der Waals surface area contributed by atoms with Crippen LogP contribution in [0.5, 0.6) is 17.2 Å². The number of likely N-dealkylation sites (tertiary alicyclic amines) is 1. The van der Waals surface area contributed by atoms with Crippen LogP contribution in [0.3, 0.4) is 0 Å². The number of benzene rings is 2. The molecule has 1 aliphatic carbocycles. The minimum Gasteiger partial charge on any atom is -0.493 e. The van der Waals surface area contributed by atoms with E-state index >= 15 is 0 Å². The average Bonchev–Trinajstić information content (AvgIpc) is 3.44. The first-order valence-corrected chi connectivity index (χ1v) is 13.4. The van der Waals surface area contributed by atoms with Crippen molar-refractivity contribution in [2.45, 2.75) is 50.4 Å². The highest BCUT2D eigenvalue weighted by Gasteiger charge is 2.34. The third-order valence-electron chi connectivity index (χ3n) is 8.04. The minimum atomic E-state index is -0.0210. The predicted octanol–water partition coefficient (Wildman–Crippen LogP) is 5.61. The van der Waals surface area contributed by atoms with Gasteiger partial charge < -0.3 is 24.3 Å². The van der Waals surface area contributed by atoms with Gasteiger partial charge in [-0.25, -0.2) is 0 Å². The van der Waals surface area contributed by atoms with E-state index in [0.29, 0.717) is 45.3 Å². The van der Waals surface area contributed by atoms with Crippen molar-refractivity contribution in [1.29, 1.82) is 0 Å². The third kappa shape index (κ3) is 4.87. The SMILES string of the molecule is COc1cc(C2Cc3c(c(=O)c4cc(Cl)ccc4n3O)C(CCCN3CCCC3)C2)cc(OC)c1OC. The lowest BCUT2D eigenvalue weighted by atomic mass is 9.74. The van der Waals surface area contributed by atoms with E-state index < -0.39 is 0 Å². The monoisotopic (exact) mass is 526 g/mol. The second kappa shape index (κ2) is 10.8. The molecule has 2 unspecified atom stereocenters. The van der Waals surface area contributed by atoms with Gasteiger partial charge in [0.15, 0.2) is 16.9 Å². The molecule has 5 rings (SSSR count). The molecule has 0 saturated carbocycles. The summed E-state index contributed by atoms with van der Waals surface area (Å²) in [6, 6.07) is 9.05. The van der Waals surface area contributed by atoms with E-state index in [2.05, 4.69) is 4.90 Å². The van der Waals surface area contributed by atoms with Crippen LogP contribution in [-0.4, -0.2) is 55.8 Å². The van der Waals surface area contributed by atoms with Crippen molar-refractivity contribution in [2.75, 3.05) is 41.0 Å². The number of nitrogens with zero attached hydrogens (tertiary/aromatic N) is 2. The predicted molar refractivity (Wildman–Crippen MR) is 145 cm³/mol. The number of rotatable bonds is 8. The van der Waals surface area contributed by atoms with Gasteiger partial charge in [-0.3, -0.25) is 4.79 Å². The van der Waals surface area contributed by atoms with E-state index in [1.807, 2.05) is 12.1 Å². The summed E-state index contributed by atoms with van der Waals surface area (Å²) in [4.78, 5) is 16.3. The summed E-state index contributed by atoms with van der Waals surface area (Å²) < 4.78 is 18.0. The summed E-state index contributed by atoms with van der Waals surface area (Å²) in [5.74, 6) is 1.84. The molecule has 1 N–H and O–H groups in total. The first-order chi connectivity index (χ1) is 17.9. The van der Waals surface area contributed by atoms with Crippen molar-refractivity contribution in [3.63, 3.8) is 0 Å². The van der Waals surface area contributed by atoms with Crippen molar-refractivity contribution < 1.29 is 19.4 Å². The van der Waals surface area contributed by atoms with Crippen LogP contribution < -0.4 is 19.6 Å². The van der Waals surface area contributed by atoms with E-state index in [9.17, 15) is 10.0 Å². The minimum absolute atomic E-state index is 0.0183. The van der Waals surface area contributed by atoms with Gasteiger partial charge in [-0.1, -0.05) is 11.6 Å². The molecular weight excluding hydrogens is 492 g/mol. The fourth-order valence-electron chi connectivity index (χ4n) is 6.23. The molecule has 198 valence electrons. The summed E-state index contributed by atoms with van der Waals surface area (Å²) in [6.07, 6.45) is 5.74. The van der Waals surface area contributed by atoms with E-state index in [1.54, 1.807) is 39.5 Å². The number of methoxy groups -OCH3 is 3. The standard InChI is InChI=1S/C29H35ClN2O5/c1-35-25-15-20(16-26(36-2)29(25)37-3)19-13-18(7-6-12-31-10-4-5-11-31)27-24(14-19)32(34)23-9-8-21(30)17-22(23)28(27)33/h8-9,15-19,34H,4-7,10-14H2,1-3H3. The summed E-state index contributed by atoms with van der Waals surface area (Å²) in [5.41, 5.74) is 2.90. The van der Waals surface area contributed by atoms with Crippen molar-refractivity contribution in [2.24, 2.45) is 0 Å². The molecule has 2 aromatic carbocycles. The molecule has 1 saturated heterocycles. The molecule has 8 heteroatoms. The molecule has 2 atom stereocenters. The Kier molecular flexibility index (Phi) is 7.54.